The van der Waals surface area contributed by atoms with Gasteiger partial charge in [0.15, 0.2) is 0 Å². The van der Waals surface area contributed by atoms with E-state index in [1.807, 2.05) is 0 Å². The Labute approximate surface area is 97.1 Å². The number of amides is 1. The Bertz CT molecular complexity index is 381. The Hall–Kier alpha value is -1.21. The largest absolute Gasteiger partial charge is 0.396 e. The van der Waals surface area contributed by atoms with Gasteiger partial charge in [0.25, 0.3) is 5.91 Å². The van der Waals surface area contributed by atoms with Crippen LogP contribution < -0.4 is 5.73 Å². The van der Waals surface area contributed by atoms with Crippen LogP contribution in [0.5, 0.6) is 0 Å². The fraction of sp³-hybridized carbons (Fsp3) is 0.667. The highest BCUT2D eigenvalue weighted by atomic mass is 32.1. The lowest BCUT2D eigenvalue weighted by atomic mass is 9.99. The third kappa shape index (κ3) is 2.30. The molecule has 1 aliphatic rings. The van der Waals surface area contributed by atoms with Crippen LogP contribution >= 0.6 is 11.3 Å². The summed E-state index contributed by atoms with van der Waals surface area (Å²) in [6, 6.07) is 0. The van der Waals surface area contributed by atoms with Gasteiger partial charge in [-0.25, -0.2) is 0 Å². The molecule has 1 atom stereocenters. The van der Waals surface area contributed by atoms with Crippen molar-refractivity contribution in [2.45, 2.75) is 12.8 Å². The van der Waals surface area contributed by atoms with E-state index in [1.165, 1.54) is 0 Å². The molecule has 6 nitrogen and oxygen atoms in total. The highest BCUT2D eigenvalue weighted by Gasteiger charge is 2.25. The molecule has 0 aromatic carbocycles. The zero-order valence-corrected chi connectivity index (χ0v) is 9.61. The third-order valence-electron chi connectivity index (χ3n) is 2.69. The van der Waals surface area contributed by atoms with Gasteiger partial charge in [-0.2, -0.15) is 0 Å². The maximum absolute atomic E-state index is 12.0. The second kappa shape index (κ2) is 4.75. The van der Waals surface area contributed by atoms with Crippen molar-refractivity contribution < 1.29 is 9.90 Å². The Balaban J connectivity index is 2.04. The Morgan fingerprint density at radius 2 is 2.44 bits per heavy atom. The molecular formula is C9H14N4O2S. The second-order valence-electron chi connectivity index (χ2n) is 3.89. The number of nitrogens with two attached hydrogens (primary N) is 1. The van der Waals surface area contributed by atoms with Gasteiger partial charge in [-0.3, -0.25) is 4.79 Å². The van der Waals surface area contributed by atoms with E-state index in [0.29, 0.717) is 16.7 Å². The van der Waals surface area contributed by atoms with Crippen LogP contribution in [0.15, 0.2) is 0 Å². The molecule has 0 aliphatic carbocycles. The number of nitrogen functional groups attached to an aromatic ring is 1. The van der Waals surface area contributed by atoms with Crippen molar-refractivity contribution in [2.24, 2.45) is 5.92 Å². The normalized spacial score (nSPS) is 21.1. The van der Waals surface area contributed by atoms with E-state index < -0.39 is 0 Å². The van der Waals surface area contributed by atoms with Crippen LogP contribution in [-0.2, 0) is 0 Å². The van der Waals surface area contributed by atoms with E-state index in [0.717, 1.165) is 30.7 Å². The van der Waals surface area contributed by atoms with Crippen molar-refractivity contribution in [2.75, 3.05) is 25.4 Å². The summed E-state index contributed by atoms with van der Waals surface area (Å²) in [5.41, 5.74) is 5.43. The Morgan fingerprint density at radius 3 is 3.06 bits per heavy atom. The van der Waals surface area contributed by atoms with E-state index in [2.05, 4.69) is 10.2 Å². The zero-order valence-electron chi connectivity index (χ0n) is 8.80. The standard InChI is InChI=1S/C9H14N4O2S/c10-9-12-11-7(16-9)8(15)13-3-1-2-6(4-13)5-14/h6,14H,1-5H2,(H2,10,12). The lowest BCUT2D eigenvalue weighted by molar-refractivity contribution is 0.0619. The summed E-state index contributed by atoms with van der Waals surface area (Å²) >= 11 is 1.10. The maximum atomic E-state index is 12.0. The molecule has 1 aliphatic heterocycles. The van der Waals surface area contributed by atoms with E-state index in [1.54, 1.807) is 4.90 Å². The third-order valence-corrected chi connectivity index (χ3v) is 3.43. The van der Waals surface area contributed by atoms with Gasteiger partial charge in [-0.1, -0.05) is 11.3 Å². The van der Waals surface area contributed by atoms with Crippen LogP contribution in [-0.4, -0.2) is 45.8 Å². The average molecular weight is 242 g/mol. The first-order chi connectivity index (χ1) is 7.70. The molecule has 88 valence electrons. The van der Waals surface area contributed by atoms with Gasteiger partial charge in [-0.15, -0.1) is 10.2 Å². The van der Waals surface area contributed by atoms with Crippen LogP contribution in [0, 0.1) is 5.92 Å². The summed E-state index contributed by atoms with van der Waals surface area (Å²) < 4.78 is 0. The highest BCUT2D eigenvalue weighted by Crippen LogP contribution is 2.20. The van der Waals surface area contributed by atoms with Gasteiger partial charge in [0, 0.05) is 19.7 Å². The maximum Gasteiger partial charge on any atom is 0.284 e. The average Bonchev–Trinajstić information content (AvgIpc) is 2.75. The molecule has 1 saturated heterocycles. The molecule has 3 N–H and O–H groups in total. The van der Waals surface area contributed by atoms with Crippen molar-refractivity contribution in [1.82, 2.24) is 15.1 Å². The van der Waals surface area contributed by atoms with Gasteiger partial charge >= 0.3 is 0 Å². The first-order valence-electron chi connectivity index (χ1n) is 5.20. The molecule has 1 aromatic heterocycles. The summed E-state index contributed by atoms with van der Waals surface area (Å²) in [6.45, 7) is 1.44. The zero-order chi connectivity index (χ0) is 11.5. The molecule has 2 rings (SSSR count). The van der Waals surface area contributed by atoms with Gasteiger partial charge in [0.05, 0.1) is 0 Å². The fourth-order valence-corrected chi connectivity index (χ4v) is 2.43. The van der Waals surface area contributed by atoms with Gasteiger partial charge in [0.2, 0.25) is 10.1 Å². The number of aliphatic hydroxyl groups is 1. The molecule has 1 amide bonds. The molecule has 1 aromatic rings. The number of aliphatic hydroxyl groups excluding tert-OH is 1. The first-order valence-corrected chi connectivity index (χ1v) is 6.01. The number of hydrogen-bond acceptors (Lipinski definition) is 6. The van der Waals surface area contributed by atoms with E-state index in [4.69, 9.17) is 10.8 Å². The highest BCUT2D eigenvalue weighted by molar-refractivity contribution is 7.16. The number of rotatable bonds is 2. The molecule has 0 bridgehead atoms. The van der Waals surface area contributed by atoms with E-state index in [-0.39, 0.29) is 18.4 Å². The van der Waals surface area contributed by atoms with Crippen LogP contribution in [0.4, 0.5) is 5.13 Å². The van der Waals surface area contributed by atoms with Crippen LogP contribution in [0.3, 0.4) is 0 Å². The summed E-state index contributed by atoms with van der Waals surface area (Å²) in [6.07, 6.45) is 1.89. The molecule has 1 unspecified atom stereocenters. The van der Waals surface area contributed by atoms with Crippen LogP contribution in [0.25, 0.3) is 0 Å². The number of piperidine rings is 1. The van der Waals surface area contributed by atoms with Crippen LogP contribution in [0.1, 0.15) is 22.6 Å². The molecule has 1 fully saturated rings. The smallest absolute Gasteiger partial charge is 0.284 e. The molecule has 0 saturated carbocycles. The molecule has 0 radical (unpaired) electrons. The molecule has 0 spiro atoms. The van der Waals surface area contributed by atoms with Gasteiger partial charge in [-0.05, 0) is 18.8 Å². The van der Waals surface area contributed by atoms with Crippen molar-refractivity contribution in [3.05, 3.63) is 5.01 Å². The molecule has 2 heterocycles. The summed E-state index contributed by atoms with van der Waals surface area (Å²) in [5.74, 6) is 0.0512. The number of hydrogen-bond donors (Lipinski definition) is 2. The SMILES string of the molecule is Nc1nnc(C(=O)N2CCCC(CO)C2)s1. The lowest BCUT2D eigenvalue weighted by Gasteiger charge is -2.31. The quantitative estimate of drug-likeness (QED) is 0.759. The topological polar surface area (TPSA) is 92.3 Å². The van der Waals surface area contributed by atoms with Crippen LogP contribution in [0.2, 0.25) is 0 Å². The van der Waals surface area contributed by atoms with Crippen molar-refractivity contribution in [3.63, 3.8) is 0 Å². The van der Waals surface area contributed by atoms with Crippen molar-refractivity contribution in [3.8, 4) is 0 Å². The number of nitrogens with zero attached hydrogens (tertiary/aromatic N) is 3. The van der Waals surface area contributed by atoms with E-state index in [9.17, 15) is 4.79 Å². The number of likely N-dealkylation sites (tertiary alicyclic amines) is 1. The predicted octanol–water partition coefficient (Wildman–Crippen LogP) is -0.0352. The summed E-state index contributed by atoms with van der Waals surface area (Å²) in [7, 11) is 0. The number of carbonyl (C=O) groups excluding carboxylic acids is 1. The fourth-order valence-electron chi connectivity index (χ4n) is 1.85. The van der Waals surface area contributed by atoms with Crippen molar-refractivity contribution in [1.29, 1.82) is 0 Å². The first kappa shape index (κ1) is 11.3. The molecular weight excluding hydrogens is 228 g/mol. The minimum Gasteiger partial charge on any atom is -0.396 e. The summed E-state index contributed by atoms with van der Waals surface area (Å²) in [4.78, 5) is 13.7. The van der Waals surface area contributed by atoms with E-state index >= 15 is 0 Å². The molecule has 7 heteroatoms. The Kier molecular flexibility index (Phi) is 3.35. The minimum absolute atomic E-state index is 0.127. The van der Waals surface area contributed by atoms with Gasteiger partial charge < -0.3 is 15.7 Å². The number of carbonyl (C=O) groups is 1. The van der Waals surface area contributed by atoms with Crippen molar-refractivity contribution >= 4 is 22.4 Å². The van der Waals surface area contributed by atoms with Gasteiger partial charge in [0.1, 0.15) is 0 Å². The minimum atomic E-state index is -0.132. The molecule has 16 heavy (non-hydrogen) atoms. The number of aromatic nitrogens is 2. The predicted molar refractivity (Wildman–Crippen MR) is 60.0 cm³/mol. The monoisotopic (exact) mass is 242 g/mol. The number of anilines is 1. The lowest BCUT2D eigenvalue weighted by Crippen LogP contribution is -2.40. The Morgan fingerprint density at radius 1 is 1.62 bits per heavy atom. The second-order valence-corrected chi connectivity index (χ2v) is 4.90. The summed E-state index contributed by atoms with van der Waals surface area (Å²) in [5, 5.41) is 17.1.